The second-order valence-corrected chi connectivity index (χ2v) is 3.77. The molecule has 0 N–H and O–H groups in total. The van der Waals surface area contributed by atoms with E-state index in [2.05, 4.69) is 20.9 Å². The van der Waals surface area contributed by atoms with Crippen LogP contribution in [0.5, 0.6) is 0 Å². The summed E-state index contributed by atoms with van der Waals surface area (Å²) in [6.07, 6.45) is -2.78. The minimum Gasteiger partial charge on any atom is -0.239 e. The molecule has 0 saturated carbocycles. The zero-order chi connectivity index (χ0) is 11.4. The fourth-order valence-electron chi connectivity index (χ4n) is 1.10. The third kappa shape index (κ3) is 2.86. The van der Waals surface area contributed by atoms with Crippen LogP contribution in [0.2, 0.25) is 0 Å². The molecule has 6 heteroatoms. The summed E-state index contributed by atoms with van der Waals surface area (Å²) in [5.41, 5.74) is 0.468. The van der Waals surface area contributed by atoms with E-state index in [4.69, 9.17) is 16.9 Å². The summed E-state index contributed by atoms with van der Waals surface area (Å²) < 4.78 is 25.4. The van der Waals surface area contributed by atoms with Gasteiger partial charge in [-0.25, -0.2) is 13.8 Å². The van der Waals surface area contributed by atoms with Gasteiger partial charge in [0.1, 0.15) is 10.3 Å². The van der Waals surface area contributed by atoms with Gasteiger partial charge in [0.25, 0.3) is 6.43 Å². The Morgan fingerprint density at radius 3 is 2.67 bits per heavy atom. The van der Waals surface area contributed by atoms with Crippen LogP contribution in [0.1, 0.15) is 23.2 Å². The van der Waals surface area contributed by atoms with Crippen molar-refractivity contribution in [1.29, 1.82) is 5.26 Å². The van der Waals surface area contributed by atoms with Gasteiger partial charge in [0.2, 0.25) is 0 Å². The summed E-state index contributed by atoms with van der Waals surface area (Å²) in [7, 11) is 0. The van der Waals surface area contributed by atoms with Gasteiger partial charge in [-0.3, -0.25) is 0 Å². The van der Waals surface area contributed by atoms with Crippen LogP contribution in [0.25, 0.3) is 0 Å². The average Bonchev–Trinajstić information content (AvgIpc) is 2.20. The first-order valence-electron chi connectivity index (χ1n) is 3.99. The van der Waals surface area contributed by atoms with E-state index in [9.17, 15) is 8.78 Å². The standard InChI is InChI=1S/C9H6BrClF2N2/c10-8-6(4-11)3-5(1-2-14)7(15-8)9(12)13/h3,9H,1,4H2. The first-order chi connectivity index (χ1) is 7.10. The molecule has 0 amide bonds. The highest BCUT2D eigenvalue weighted by molar-refractivity contribution is 9.10. The molecule has 0 aliphatic rings. The zero-order valence-corrected chi connectivity index (χ0v) is 9.82. The largest absolute Gasteiger partial charge is 0.280 e. The van der Waals surface area contributed by atoms with Crippen LogP contribution >= 0.6 is 27.5 Å². The predicted molar refractivity (Wildman–Crippen MR) is 55.8 cm³/mol. The SMILES string of the molecule is N#CCc1cc(CCl)c(Br)nc1C(F)F. The van der Waals surface area contributed by atoms with Gasteiger partial charge in [-0.1, -0.05) is 0 Å². The number of hydrogen-bond acceptors (Lipinski definition) is 2. The third-order valence-electron chi connectivity index (χ3n) is 1.78. The highest BCUT2D eigenvalue weighted by atomic mass is 79.9. The lowest BCUT2D eigenvalue weighted by molar-refractivity contribution is 0.145. The number of rotatable bonds is 3. The van der Waals surface area contributed by atoms with Crippen LogP contribution in [-0.4, -0.2) is 4.98 Å². The minimum absolute atomic E-state index is 0.0934. The fourth-order valence-corrected chi connectivity index (χ4v) is 1.91. The second kappa shape index (κ2) is 5.38. The maximum atomic E-state index is 12.5. The van der Waals surface area contributed by atoms with Crippen molar-refractivity contribution in [3.8, 4) is 6.07 Å². The van der Waals surface area contributed by atoms with Crippen LogP contribution in [0.3, 0.4) is 0 Å². The van der Waals surface area contributed by atoms with Gasteiger partial charge in [0.05, 0.1) is 18.4 Å². The Bertz CT molecular complexity index is 404. The van der Waals surface area contributed by atoms with E-state index in [1.54, 1.807) is 0 Å². The molecule has 80 valence electrons. The van der Waals surface area contributed by atoms with Crippen LogP contribution < -0.4 is 0 Å². The quantitative estimate of drug-likeness (QED) is 0.631. The summed E-state index contributed by atoms with van der Waals surface area (Å²) in [5.74, 6) is 0.162. The highest BCUT2D eigenvalue weighted by Gasteiger charge is 2.17. The molecule has 0 saturated heterocycles. The molecule has 0 aliphatic carbocycles. The lowest BCUT2D eigenvalue weighted by atomic mass is 10.1. The third-order valence-corrected chi connectivity index (χ3v) is 2.76. The number of aromatic nitrogens is 1. The van der Waals surface area contributed by atoms with E-state index < -0.39 is 6.43 Å². The van der Waals surface area contributed by atoms with Crippen molar-refractivity contribution < 1.29 is 8.78 Å². The summed E-state index contributed by atoms with van der Waals surface area (Å²) in [5, 5.41) is 8.49. The molecule has 1 aromatic rings. The van der Waals surface area contributed by atoms with Crippen molar-refractivity contribution in [2.75, 3.05) is 0 Å². The minimum atomic E-state index is -2.69. The molecule has 1 aromatic heterocycles. The Balaban J connectivity index is 3.26. The van der Waals surface area contributed by atoms with E-state index in [0.717, 1.165) is 0 Å². The summed E-state index contributed by atoms with van der Waals surface area (Å²) in [6, 6.07) is 3.30. The molecule has 15 heavy (non-hydrogen) atoms. The monoisotopic (exact) mass is 294 g/mol. The topological polar surface area (TPSA) is 36.7 Å². The molecule has 2 nitrogen and oxygen atoms in total. The second-order valence-electron chi connectivity index (χ2n) is 2.75. The Labute approximate surface area is 99.0 Å². The molecule has 0 aromatic carbocycles. The van der Waals surface area contributed by atoms with E-state index in [0.29, 0.717) is 10.2 Å². The first-order valence-corrected chi connectivity index (χ1v) is 5.32. The zero-order valence-electron chi connectivity index (χ0n) is 7.48. The number of halogens is 4. The van der Waals surface area contributed by atoms with Crippen molar-refractivity contribution in [3.63, 3.8) is 0 Å². The lowest BCUT2D eigenvalue weighted by Gasteiger charge is -2.08. The molecule has 0 fully saturated rings. The van der Waals surface area contributed by atoms with E-state index >= 15 is 0 Å². The number of nitriles is 1. The van der Waals surface area contributed by atoms with Crippen LogP contribution in [0, 0.1) is 11.3 Å². The number of hydrogen-bond donors (Lipinski definition) is 0. The smallest absolute Gasteiger partial charge is 0.239 e. The molecular weight excluding hydrogens is 289 g/mol. The maximum absolute atomic E-state index is 12.5. The summed E-state index contributed by atoms with van der Waals surface area (Å²) >= 11 is 8.64. The van der Waals surface area contributed by atoms with Crippen molar-refractivity contribution in [3.05, 3.63) is 27.5 Å². The van der Waals surface area contributed by atoms with E-state index in [1.807, 2.05) is 6.07 Å². The van der Waals surface area contributed by atoms with E-state index in [-0.39, 0.29) is 23.6 Å². The molecule has 1 rings (SSSR count). The molecule has 0 aliphatic heterocycles. The number of pyridine rings is 1. The van der Waals surface area contributed by atoms with Gasteiger partial charge in [-0.15, -0.1) is 11.6 Å². The predicted octanol–water partition coefficient (Wildman–Crippen LogP) is 3.59. The lowest BCUT2D eigenvalue weighted by Crippen LogP contribution is -2.01. The van der Waals surface area contributed by atoms with Crippen LogP contribution in [0.15, 0.2) is 10.7 Å². The maximum Gasteiger partial charge on any atom is 0.280 e. The van der Waals surface area contributed by atoms with Gasteiger partial charge in [-0.2, -0.15) is 5.26 Å². The van der Waals surface area contributed by atoms with E-state index in [1.165, 1.54) is 6.07 Å². The summed E-state index contributed by atoms with van der Waals surface area (Å²) in [4.78, 5) is 3.69. The Morgan fingerprint density at radius 1 is 1.53 bits per heavy atom. The van der Waals surface area contributed by atoms with Gasteiger partial charge in [0, 0.05) is 5.56 Å². The molecule has 0 spiro atoms. The normalized spacial score (nSPS) is 10.4. The van der Waals surface area contributed by atoms with Crippen molar-refractivity contribution in [2.24, 2.45) is 0 Å². The summed E-state index contributed by atoms with van der Waals surface area (Å²) in [6.45, 7) is 0. The average molecular weight is 296 g/mol. The Morgan fingerprint density at radius 2 is 2.20 bits per heavy atom. The highest BCUT2D eigenvalue weighted by Crippen LogP contribution is 2.26. The van der Waals surface area contributed by atoms with Gasteiger partial charge < -0.3 is 0 Å². The fraction of sp³-hybridized carbons (Fsp3) is 0.333. The van der Waals surface area contributed by atoms with Crippen molar-refractivity contribution >= 4 is 27.5 Å². The molecular formula is C9H6BrClF2N2. The molecule has 0 radical (unpaired) electrons. The van der Waals surface area contributed by atoms with Gasteiger partial charge >= 0.3 is 0 Å². The van der Waals surface area contributed by atoms with Gasteiger partial charge in [-0.05, 0) is 27.6 Å². The van der Waals surface area contributed by atoms with Crippen LogP contribution in [-0.2, 0) is 12.3 Å². The van der Waals surface area contributed by atoms with Crippen molar-refractivity contribution in [2.45, 2.75) is 18.7 Å². The Hall–Kier alpha value is -0.730. The Kier molecular flexibility index (Phi) is 4.43. The number of alkyl halides is 3. The molecule has 0 bridgehead atoms. The number of nitrogens with zero attached hydrogens (tertiary/aromatic N) is 2. The first kappa shape index (κ1) is 12.3. The molecule has 1 heterocycles. The van der Waals surface area contributed by atoms with Gasteiger partial charge in [0.15, 0.2) is 0 Å². The molecule has 0 atom stereocenters. The molecule has 0 unspecified atom stereocenters. The van der Waals surface area contributed by atoms with Crippen molar-refractivity contribution in [1.82, 2.24) is 4.98 Å². The van der Waals surface area contributed by atoms with Crippen LogP contribution in [0.4, 0.5) is 8.78 Å².